The minimum absolute atomic E-state index is 0.365. The number of anilines is 2. The Labute approximate surface area is 181 Å². The van der Waals surface area contributed by atoms with Gasteiger partial charge in [0.2, 0.25) is 0 Å². The quantitative estimate of drug-likeness (QED) is 0.539. The van der Waals surface area contributed by atoms with Gasteiger partial charge in [0.25, 0.3) is 0 Å². The molecule has 9 nitrogen and oxygen atoms in total. The first-order valence-electron chi connectivity index (χ1n) is 10.4. The SMILES string of the molecule is Cc1cccc(/C=N/Nc2cc(OC(C)N3CCOC3=O)cc(N3CCOCC3)n2)c1. The number of aryl methyl sites for hydroxylation is 1. The van der Waals surface area contributed by atoms with E-state index in [1.165, 1.54) is 5.56 Å². The number of nitrogens with one attached hydrogen (secondary N) is 1. The largest absolute Gasteiger partial charge is 0.470 e. The van der Waals surface area contributed by atoms with Gasteiger partial charge in [0.1, 0.15) is 18.2 Å². The number of carbonyl (C=O) groups is 1. The van der Waals surface area contributed by atoms with Crippen molar-refractivity contribution in [3.05, 3.63) is 47.5 Å². The number of amides is 1. The van der Waals surface area contributed by atoms with E-state index in [9.17, 15) is 4.79 Å². The number of hydrogen-bond donors (Lipinski definition) is 1. The lowest BCUT2D eigenvalue weighted by molar-refractivity contribution is 0.0705. The van der Waals surface area contributed by atoms with Gasteiger partial charge in [-0.05, 0) is 19.4 Å². The summed E-state index contributed by atoms with van der Waals surface area (Å²) in [6.45, 7) is 7.54. The number of morpholine rings is 1. The number of aromatic nitrogens is 1. The summed E-state index contributed by atoms with van der Waals surface area (Å²) in [6.07, 6.45) is 0.925. The van der Waals surface area contributed by atoms with Gasteiger partial charge < -0.3 is 19.1 Å². The molecule has 1 unspecified atom stereocenters. The van der Waals surface area contributed by atoms with E-state index in [1.54, 1.807) is 17.2 Å². The second kappa shape index (κ2) is 9.65. The molecule has 4 rings (SSSR count). The van der Waals surface area contributed by atoms with Crippen molar-refractivity contribution < 1.29 is 19.0 Å². The zero-order valence-electron chi connectivity index (χ0n) is 17.8. The summed E-state index contributed by atoms with van der Waals surface area (Å²) in [7, 11) is 0. The third kappa shape index (κ3) is 5.43. The Morgan fingerprint density at radius 1 is 1.19 bits per heavy atom. The maximum absolute atomic E-state index is 11.8. The van der Waals surface area contributed by atoms with Crippen LogP contribution in [-0.4, -0.2) is 67.9 Å². The summed E-state index contributed by atoms with van der Waals surface area (Å²) in [5, 5.41) is 4.33. The van der Waals surface area contributed by atoms with E-state index in [4.69, 9.17) is 14.2 Å². The molecule has 2 aliphatic rings. The monoisotopic (exact) mass is 425 g/mol. The summed E-state index contributed by atoms with van der Waals surface area (Å²) in [5.74, 6) is 1.92. The third-order valence-electron chi connectivity index (χ3n) is 5.09. The summed E-state index contributed by atoms with van der Waals surface area (Å²) in [5.41, 5.74) is 5.16. The average Bonchev–Trinajstić information content (AvgIpc) is 3.20. The minimum atomic E-state index is -0.460. The Balaban J connectivity index is 1.53. The summed E-state index contributed by atoms with van der Waals surface area (Å²) >= 11 is 0. The first-order valence-corrected chi connectivity index (χ1v) is 10.4. The number of hydrogen-bond acceptors (Lipinski definition) is 8. The number of pyridine rings is 1. The van der Waals surface area contributed by atoms with Crippen LogP contribution in [0.25, 0.3) is 0 Å². The van der Waals surface area contributed by atoms with Crippen LogP contribution in [0, 0.1) is 6.92 Å². The first kappa shape index (κ1) is 20.9. The van der Waals surface area contributed by atoms with Crippen molar-refractivity contribution >= 4 is 23.9 Å². The number of nitrogens with zero attached hydrogens (tertiary/aromatic N) is 4. The Bertz CT molecular complexity index is 945. The van der Waals surface area contributed by atoms with Crippen LogP contribution in [0.3, 0.4) is 0 Å². The molecule has 1 N–H and O–H groups in total. The van der Waals surface area contributed by atoms with E-state index >= 15 is 0 Å². The standard InChI is InChI=1S/C22H27N5O4/c1-16-4-3-5-18(12-16)15-23-25-20-13-19(31-17(2)27-8-11-30-22(27)28)14-21(24-20)26-6-9-29-10-7-26/h3-5,12-15,17H,6-11H2,1-2H3,(H,24,25)/b23-15+. The van der Waals surface area contributed by atoms with Crippen molar-refractivity contribution in [2.45, 2.75) is 20.1 Å². The second-order valence-corrected chi connectivity index (χ2v) is 7.45. The molecule has 0 saturated carbocycles. The van der Waals surface area contributed by atoms with Crippen molar-refractivity contribution in [2.24, 2.45) is 5.10 Å². The van der Waals surface area contributed by atoms with Crippen LogP contribution < -0.4 is 15.1 Å². The van der Waals surface area contributed by atoms with Gasteiger partial charge in [-0.15, -0.1) is 0 Å². The van der Waals surface area contributed by atoms with Crippen LogP contribution in [0.2, 0.25) is 0 Å². The van der Waals surface area contributed by atoms with E-state index in [-0.39, 0.29) is 6.09 Å². The molecule has 3 heterocycles. The Kier molecular flexibility index (Phi) is 6.51. The highest BCUT2D eigenvalue weighted by atomic mass is 16.6. The van der Waals surface area contributed by atoms with Crippen molar-refractivity contribution in [2.75, 3.05) is 49.8 Å². The number of carbonyl (C=O) groups excluding carboxylic acids is 1. The highest BCUT2D eigenvalue weighted by Gasteiger charge is 2.28. The molecule has 31 heavy (non-hydrogen) atoms. The van der Waals surface area contributed by atoms with Crippen molar-refractivity contribution in [1.82, 2.24) is 9.88 Å². The Hall–Kier alpha value is -3.33. The Morgan fingerprint density at radius 3 is 2.77 bits per heavy atom. The lowest BCUT2D eigenvalue weighted by Gasteiger charge is -2.29. The molecule has 1 aromatic heterocycles. The van der Waals surface area contributed by atoms with Crippen LogP contribution >= 0.6 is 0 Å². The molecule has 1 aromatic carbocycles. The molecule has 0 aliphatic carbocycles. The van der Waals surface area contributed by atoms with Gasteiger partial charge in [-0.25, -0.2) is 9.78 Å². The third-order valence-corrected chi connectivity index (χ3v) is 5.09. The summed E-state index contributed by atoms with van der Waals surface area (Å²) in [4.78, 5) is 20.2. The Morgan fingerprint density at radius 2 is 2.03 bits per heavy atom. The number of rotatable bonds is 7. The van der Waals surface area contributed by atoms with Crippen molar-refractivity contribution in [3.8, 4) is 5.75 Å². The van der Waals surface area contributed by atoms with Gasteiger partial charge in [-0.1, -0.05) is 29.8 Å². The van der Waals surface area contributed by atoms with Crippen LogP contribution in [0.4, 0.5) is 16.4 Å². The lowest BCUT2D eigenvalue weighted by Crippen LogP contribution is -2.38. The molecule has 164 valence electrons. The second-order valence-electron chi connectivity index (χ2n) is 7.45. The predicted octanol–water partition coefficient (Wildman–Crippen LogP) is 2.85. The van der Waals surface area contributed by atoms with Gasteiger partial charge in [0, 0.05) is 25.2 Å². The zero-order valence-corrected chi connectivity index (χ0v) is 17.8. The highest BCUT2D eigenvalue weighted by molar-refractivity contribution is 5.80. The van der Waals surface area contributed by atoms with E-state index in [0.717, 1.165) is 24.5 Å². The minimum Gasteiger partial charge on any atom is -0.470 e. The molecular formula is C22H27N5O4. The summed E-state index contributed by atoms with van der Waals surface area (Å²) < 4.78 is 16.5. The number of hydrazone groups is 1. The number of benzene rings is 1. The smallest absolute Gasteiger partial charge is 0.412 e. The molecule has 1 atom stereocenters. The van der Waals surface area contributed by atoms with Crippen molar-refractivity contribution in [1.29, 1.82) is 0 Å². The first-order chi connectivity index (χ1) is 15.1. The van der Waals surface area contributed by atoms with E-state index in [1.807, 2.05) is 44.2 Å². The predicted molar refractivity (Wildman–Crippen MR) is 118 cm³/mol. The molecule has 0 bridgehead atoms. The maximum atomic E-state index is 11.8. The van der Waals surface area contributed by atoms with Gasteiger partial charge in [0.05, 0.1) is 26.0 Å². The average molecular weight is 425 g/mol. The van der Waals surface area contributed by atoms with E-state index in [0.29, 0.717) is 37.9 Å². The fourth-order valence-electron chi connectivity index (χ4n) is 3.49. The van der Waals surface area contributed by atoms with Crippen molar-refractivity contribution in [3.63, 3.8) is 0 Å². The van der Waals surface area contributed by atoms with Gasteiger partial charge >= 0.3 is 6.09 Å². The van der Waals surface area contributed by atoms with Gasteiger partial charge in [-0.3, -0.25) is 10.3 Å². The van der Waals surface area contributed by atoms with Gasteiger partial charge in [-0.2, -0.15) is 5.10 Å². The topological polar surface area (TPSA) is 88.5 Å². The number of cyclic esters (lactones) is 1. The highest BCUT2D eigenvalue weighted by Crippen LogP contribution is 2.26. The molecule has 2 aliphatic heterocycles. The van der Waals surface area contributed by atoms with Crippen LogP contribution in [0.15, 0.2) is 41.5 Å². The van der Waals surface area contributed by atoms with Crippen LogP contribution in [0.5, 0.6) is 5.75 Å². The fraction of sp³-hybridized carbons (Fsp3) is 0.409. The van der Waals surface area contributed by atoms with Crippen LogP contribution in [0.1, 0.15) is 18.1 Å². The molecule has 9 heteroatoms. The zero-order chi connectivity index (χ0) is 21.6. The molecule has 2 aromatic rings. The maximum Gasteiger partial charge on any atom is 0.412 e. The lowest BCUT2D eigenvalue weighted by atomic mass is 10.2. The molecule has 2 fully saturated rings. The van der Waals surface area contributed by atoms with E-state index in [2.05, 4.69) is 20.4 Å². The summed E-state index contributed by atoms with van der Waals surface area (Å²) in [6, 6.07) is 11.7. The van der Waals surface area contributed by atoms with Crippen LogP contribution in [-0.2, 0) is 9.47 Å². The van der Waals surface area contributed by atoms with Gasteiger partial charge in [0.15, 0.2) is 12.0 Å². The fourth-order valence-corrected chi connectivity index (χ4v) is 3.49. The normalized spacial score (nSPS) is 17.7. The molecule has 0 radical (unpaired) electrons. The van der Waals surface area contributed by atoms with E-state index < -0.39 is 6.23 Å². The molecule has 1 amide bonds. The molecule has 0 spiro atoms. The molecular weight excluding hydrogens is 398 g/mol. The molecule has 2 saturated heterocycles. The number of ether oxygens (including phenoxy) is 3.